The predicted octanol–water partition coefficient (Wildman–Crippen LogP) is 0.0550. The number of anilines is 1. The largest absolute Gasteiger partial charge is 0.395 e. The maximum Gasteiger partial charge on any atom is 0.274 e. The minimum Gasteiger partial charge on any atom is -0.395 e. The molecule has 1 heterocycles. The van der Waals surface area contributed by atoms with Crippen molar-refractivity contribution in [3.63, 3.8) is 0 Å². The molecular formula is C10H18N4O2. The zero-order valence-electron chi connectivity index (χ0n) is 9.58. The van der Waals surface area contributed by atoms with Crippen LogP contribution >= 0.6 is 0 Å². The highest BCUT2D eigenvalue weighted by Crippen LogP contribution is 2.15. The molecule has 0 saturated carbocycles. The Kier molecular flexibility index (Phi) is 4.30. The van der Waals surface area contributed by atoms with Gasteiger partial charge in [0.2, 0.25) is 0 Å². The SMILES string of the molecule is CCCc1[nH]nc(C(=O)N[C@@H](C)CO)c1N. The fourth-order valence-corrected chi connectivity index (χ4v) is 1.34. The number of nitrogens with two attached hydrogens (primary N) is 1. The number of hydrogen-bond acceptors (Lipinski definition) is 4. The van der Waals surface area contributed by atoms with E-state index < -0.39 is 0 Å². The molecule has 6 heteroatoms. The first-order chi connectivity index (χ1) is 7.60. The zero-order valence-corrected chi connectivity index (χ0v) is 9.58. The number of H-pyrrole nitrogens is 1. The average Bonchev–Trinajstić information content (AvgIpc) is 2.61. The molecule has 0 aliphatic rings. The Morgan fingerprint density at radius 2 is 2.38 bits per heavy atom. The number of nitrogen functional groups attached to an aromatic ring is 1. The summed E-state index contributed by atoms with van der Waals surface area (Å²) >= 11 is 0. The van der Waals surface area contributed by atoms with Crippen molar-refractivity contribution >= 4 is 11.6 Å². The Bertz CT molecular complexity index is 362. The third kappa shape index (κ3) is 2.73. The third-order valence-corrected chi connectivity index (χ3v) is 2.25. The van der Waals surface area contributed by atoms with Crippen molar-refractivity contribution in [3.8, 4) is 0 Å². The number of aromatic amines is 1. The lowest BCUT2D eigenvalue weighted by Crippen LogP contribution is -2.35. The van der Waals surface area contributed by atoms with Crippen molar-refractivity contribution in [2.75, 3.05) is 12.3 Å². The van der Waals surface area contributed by atoms with Crippen LogP contribution in [0.5, 0.6) is 0 Å². The van der Waals surface area contributed by atoms with E-state index in [-0.39, 0.29) is 24.2 Å². The fraction of sp³-hybridized carbons (Fsp3) is 0.600. The first-order valence-corrected chi connectivity index (χ1v) is 5.34. The number of nitrogens with zero attached hydrogens (tertiary/aromatic N) is 1. The van der Waals surface area contributed by atoms with Crippen molar-refractivity contribution in [3.05, 3.63) is 11.4 Å². The summed E-state index contributed by atoms with van der Waals surface area (Å²) in [6.07, 6.45) is 1.70. The van der Waals surface area contributed by atoms with Gasteiger partial charge >= 0.3 is 0 Å². The minimum atomic E-state index is -0.363. The van der Waals surface area contributed by atoms with Gasteiger partial charge in [-0.3, -0.25) is 9.89 Å². The highest BCUT2D eigenvalue weighted by atomic mass is 16.3. The smallest absolute Gasteiger partial charge is 0.274 e. The maximum absolute atomic E-state index is 11.7. The molecule has 1 rings (SSSR count). The molecule has 0 aliphatic heterocycles. The fourth-order valence-electron chi connectivity index (χ4n) is 1.34. The summed E-state index contributed by atoms with van der Waals surface area (Å²) in [6, 6.07) is -0.307. The second-order valence-electron chi connectivity index (χ2n) is 3.77. The van der Waals surface area contributed by atoms with E-state index in [0.29, 0.717) is 5.69 Å². The molecule has 0 bridgehead atoms. The standard InChI is InChI=1S/C10H18N4O2/c1-3-4-7-8(11)9(14-13-7)10(16)12-6(2)5-15/h6,15H,3-5,11H2,1-2H3,(H,12,16)(H,13,14)/t6-/m0/s1. The van der Waals surface area contributed by atoms with Crippen LogP contribution in [0.4, 0.5) is 5.69 Å². The summed E-state index contributed by atoms with van der Waals surface area (Å²) in [5.41, 5.74) is 7.16. The molecule has 0 saturated heterocycles. The second kappa shape index (κ2) is 5.50. The minimum absolute atomic E-state index is 0.113. The number of aliphatic hydroxyl groups excluding tert-OH is 1. The molecule has 0 aromatic carbocycles. The zero-order chi connectivity index (χ0) is 12.1. The lowest BCUT2D eigenvalue weighted by Gasteiger charge is -2.09. The molecule has 5 N–H and O–H groups in total. The van der Waals surface area contributed by atoms with Crippen molar-refractivity contribution in [1.29, 1.82) is 0 Å². The molecule has 90 valence electrons. The quantitative estimate of drug-likeness (QED) is 0.569. The average molecular weight is 226 g/mol. The van der Waals surface area contributed by atoms with E-state index >= 15 is 0 Å². The lowest BCUT2D eigenvalue weighted by molar-refractivity contribution is 0.0918. The number of carbonyl (C=O) groups excluding carboxylic acids is 1. The van der Waals surface area contributed by atoms with E-state index in [1.54, 1.807) is 6.92 Å². The van der Waals surface area contributed by atoms with Gasteiger partial charge in [0.15, 0.2) is 5.69 Å². The molecule has 1 aromatic rings. The van der Waals surface area contributed by atoms with Gasteiger partial charge in [0.05, 0.1) is 18.0 Å². The van der Waals surface area contributed by atoms with Crippen LogP contribution in [-0.4, -0.2) is 33.9 Å². The Hall–Kier alpha value is -1.56. The monoisotopic (exact) mass is 226 g/mol. The van der Waals surface area contributed by atoms with E-state index in [9.17, 15) is 4.79 Å². The highest BCUT2D eigenvalue weighted by Gasteiger charge is 2.17. The van der Waals surface area contributed by atoms with Crippen LogP contribution in [0, 0.1) is 0 Å². The van der Waals surface area contributed by atoms with Crippen LogP contribution in [0.1, 0.15) is 36.5 Å². The first kappa shape index (κ1) is 12.5. The Morgan fingerprint density at radius 3 is 2.94 bits per heavy atom. The lowest BCUT2D eigenvalue weighted by atomic mass is 10.2. The van der Waals surface area contributed by atoms with E-state index in [1.165, 1.54) is 0 Å². The Labute approximate surface area is 94.2 Å². The number of rotatable bonds is 5. The van der Waals surface area contributed by atoms with Gasteiger partial charge in [-0.05, 0) is 13.3 Å². The predicted molar refractivity (Wildman–Crippen MR) is 61.0 cm³/mol. The van der Waals surface area contributed by atoms with Gasteiger partial charge < -0.3 is 16.2 Å². The topological polar surface area (TPSA) is 104 Å². The number of nitrogens with one attached hydrogen (secondary N) is 2. The van der Waals surface area contributed by atoms with Crippen LogP contribution in [0.3, 0.4) is 0 Å². The molecule has 16 heavy (non-hydrogen) atoms. The van der Waals surface area contributed by atoms with Crippen LogP contribution in [0.15, 0.2) is 0 Å². The number of hydrogen-bond donors (Lipinski definition) is 4. The van der Waals surface area contributed by atoms with Crippen molar-refractivity contribution < 1.29 is 9.90 Å². The van der Waals surface area contributed by atoms with Crippen LogP contribution in [-0.2, 0) is 6.42 Å². The summed E-state index contributed by atoms with van der Waals surface area (Å²) in [6.45, 7) is 3.61. The van der Waals surface area contributed by atoms with E-state index in [0.717, 1.165) is 18.5 Å². The van der Waals surface area contributed by atoms with Gasteiger partial charge in [0.1, 0.15) is 0 Å². The molecule has 0 radical (unpaired) electrons. The number of amides is 1. The molecule has 0 unspecified atom stereocenters. The normalized spacial score (nSPS) is 12.4. The van der Waals surface area contributed by atoms with Crippen molar-refractivity contribution in [1.82, 2.24) is 15.5 Å². The van der Waals surface area contributed by atoms with Crippen LogP contribution < -0.4 is 11.1 Å². The second-order valence-corrected chi connectivity index (χ2v) is 3.77. The number of aliphatic hydroxyl groups is 1. The van der Waals surface area contributed by atoms with E-state index in [2.05, 4.69) is 15.5 Å². The summed E-state index contributed by atoms with van der Waals surface area (Å²) < 4.78 is 0. The van der Waals surface area contributed by atoms with Crippen LogP contribution in [0.2, 0.25) is 0 Å². The molecule has 0 aliphatic carbocycles. The van der Waals surface area contributed by atoms with E-state index in [4.69, 9.17) is 10.8 Å². The van der Waals surface area contributed by atoms with Gasteiger partial charge in [0, 0.05) is 6.04 Å². The molecular weight excluding hydrogens is 208 g/mol. The summed E-state index contributed by atoms with van der Waals surface area (Å²) in [5.74, 6) is -0.363. The number of carbonyl (C=O) groups is 1. The van der Waals surface area contributed by atoms with Gasteiger partial charge in [-0.15, -0.1) is 0 Å². The Morgan fingerprint density at radius 1 is 1.69 bits per heavy atom. The molecule has 1 atom stereocenters. The summed E-state index contributed by atoms with van der Waals surface area (Å²) in [7, 11) is 0. The number of aromatic nitrogens is 2. The first-order valence-electron chi connectivity index (χ1n) is 5.34. The van der Waals surface area contributed by atoms with Gasteiger partial charge in [-0.2, -0.15) is 5.10 Å². The molecule has 0 fully saturated rings. The molecule has 0 spiro atoms. The summed E-state index contributed by atoms with van der Waals surface area (Å²) in [4.78, 5) is 11.7. The highest BCUT2D eigenvalue weighted by molar-refractivity contribution is 5.97. The van der Waals surface area contributed by atoms with Gasteiger partial charge in [-0.1, -0.05) is 13.3 Å². The molecule has 6 nitrogen and oxygen atoms in total. The van der Waals surface area contributed by atoms with Gasteiger partial charge in [0.25, 0.3) is 5.91 Å². The Balaban J connectivity index is 2.76. The van der Waals surface area contributed by atoms with Crippen molar-refractivity contribution in [2.45, 2.75) is 32.7 Å². The number of aryl methyl sites for hydroxylation is 1. The van der Waals surface area contributed by atoms with Crippen LogP contribution in [0.25, 0.3) is 0 Å². The van der Waals surface area contributed by atoms with E-state index in [1.807, 2.05) is 6.92 Å². The molecule has 1 aromatic heterocycles. The van der Waals surface area contributed by atoms with Crippen molar-refractivity contribution in [2.24, 2.45) is 0 Å². The molecule has 1 amide bonds. The summed E-state index contributed by atoms with van der Waals surface area (Å²) in [5, 5.41) is 18.0. The third-order valence-electron chi connectivity index (χ3n) is 2.25. The maximum atomic E-state index is 11.7. The van der Waals surface area contributed by atoms with Gasteiger partial charge in [-0.25, -0.2) is 0 Å².